The van der Waals surface area contributed by atoms with E-state index in [1.807, 2.05) is 60.7 Å². The predicted molar refractivity (Wildman–Crippen MR) is 118 cm³/mol. The maximum atomic E-state index is 12.9. The predicted octanol–water partition coefficient (Wildman–Crippen LogP) is 4.08. The van der Waals surface area contributed by atoms with Crippen LogP contribution in [0.3, 0.4) is 0 Å². The lowest BCUT2D eigenvalue weighted by molar-refractivity contribution is 1.19. The number of nitrogens with one attached hydrogen (secondary N) is 1. The molecule has 142 valence electrons. The fourth-order valence-electron chi connectivity index (χ4n) is 3.59. The fourth-order valence-corrected chi connectivity index (χ4v) is 4.59. The molecule has 1 aliphatic carbocycles. The molecule has 0 radical (unpaired) electrons. The van der Waals surface area contributed by atoms with Gasteiger partial charge in [-0.25, -0.2) is 0 Å². The molecule has 5 rings (SSSR count). The van der Waals surface area contributed by atoms with Gasteiger partial charge in [0.05, 0.1) is 5.69 Å². The summed E-state index contributed by atoms with van der Waals surface area (Å²) in [4.78, 5) is 15.7. The average molecular weight is 406 g/mol. The van der Waals surface area contributed by atoms with Crippen molar-refractivity contribution in [2.24, 2.45) is 10.2 Å². The highest BCUT2D eigenvalue weighted by Gasteiger charge is 2.24. The van der Waals surface area contributed by atoms with E-state index >= 15 is 0 Å². The maximum Gasteiger partial charge on any atom is 0.267 e. The SMILES string of the molecule is N#C/C(N=Nc1ccccc1)=c1/[nH]c(=O)c(=C2c3ccccc3-c3ccccc32)s1. The molecule has 1 aromatic heterocycles. The molecule has 3 aromatic carbocycles. The Morgan fingerprint density at radius 3 is 2.00 bits per heavy atom. The summed E-state index contributed by atoms with van der Waals surface area (Å²) in [6.07, 6.45) is 0. The third-order valence-corrected chi connectivity index (χ3v) is 5.98. The van der Waals surface area contributed by atoms with E-state index in [2.05, 4.69) is 27.3 Å². The number of benzene rings is 3. The number of H-pyrrole nitrogens is 1. The summed E-state index contributed by atoms with van der Waals surface area (Å²) in [5, 5.41) is 17.7. The molecule has 0 atom stereocenters. The van der Waals surface area contributed by atoms with Crippen LogP contribution in [0.5, 0.6) is 0 Å². The summed E-state index contributed by atoms with van der Waals surface area (Å²) >= 11 is 1.23. The Morgan fingerprint density at radius 1 is 0.833 bits per heavy atom. The monoisotopic (exact) mass is 406 g/mol. The van der Waals surface area contributed by atoms with E-state index in [0.717, 1.165) is 27.8 Å². The molecule has 0 amide bonds. The van der Waals surface area contributed by atoms with Gasteiger partial charge in [0.25, 0.3) is 5.56 Å². The van der Waals surface area contributed by atoms with Gasteiger partial charge in [-0.3, -0.25) is 4.79 Å². The first kappa shape index (κ1) is 18.0. The number of rotatable bonds is 2. The summed E-state index contributed by atoms with van der Waals surface area (Å²) in [6.45, 7) is 0. The Hall–Kier alpha value is -4.08. The van der Waals surface area contributed by atoms with Crippen molar-refractivity contribution < 1.29 is 0 Å². The van der Waals surface area contributed by atoms with Crippen molar-refractivity contribution in [3.05, 3.63) is 110 Å². The molecule has 0 saturated heterocycles. The summed E-state index contributed by atoms with van der Waals surface area (Å²) < 4.78 is 0.955. The standard InChI is InChI=1S/C24H14N4OS/c25-14-20(28-27-15-8-2-1-3-9-15)24-26-23(29)22(30-24)21-18-12-6-4-10-16(18)17-11-5-7-13-19(17)21/h1-13H,(H,26,29)/b24-20+,28-27?. The van der Waals surface area contributed by atoms with Crippen LogP contribution in [0.2, 0.25) is 0 Å². The Bertz CT molecular complexity index is 1470. The molecule has 0 bridgehead atoms. The first-order chi connectivity index (χ1) is 14.8. The summed E-state index contributed by atoms with van der Waals surface area (Å²) in [7, 11) is 0. The molecule has 30 heavy (non-hydrogen) atoms. The first-order valence-corrected chi connectivity index (χ1v) is 10.1. The zero-order chi connectivity index (χ0) is 20.5. The van der Waals surface area contributed by atoms with Crippen molar-refractivity contribution in [2.75, 3.05) is 0 Å². The fraction of sp³-hybridized carbons (Fsp3) is 0. The average Bonchev–Trinajstić information content (AvgIpc) is 3.32. The molecule has 0 unspecified atom stereocenters. The quantitative estimate of drug-likeness (QED) is 0.448. The second-order valence-electron chi connectivity index (χ2n) is 6.68. The number of hydrogen-bond acceptors (Lipinski definition) is 5. The molecule has 0 spiro atoms. The topological polar surface area (TPSA) is 81.4 Å². The van der Waals surface area contributed by atoms with Crippen molar-refractivity contribution in [2.45, 2.75) is 0 Å². The molecule has 0 fully saturated rings. The second-order valence-corrected chi connectivity index (χ2v) is 7.70. The molecular formula is C24H14N4OS. The first-order valence-electron chi connectivity index (χ1n) is 9.30. The van der Waals surface area contributed by atoms with Gasteiger partial charge in [0, 0.05) is 5.57 Å². The van der Waals surface area contributed by atoms with E-state index in [9.17, 15) is 10.1 Å². The Balaban J connectivity index is 1.76. The zero-order valence-corrected chi connectivity index (χ0v) is 16.5. The van der Waals surface area contributed by atoms with E-state index in [0.29, 0.717) is 14.9 Å². The second kappa shape index (κ2) is 7.39. The lowest BCUT2D eigenvalue weighted by Gasteiger charge is -1.99. The van der Waals surface area contributed by atoms with Crippen molar-refractivity contribution in [3.8, 4) is 17.2 Å². The van der Waals surface area contributed by atoms with Gasteiger partial charge in [-0.2, -0.15) is 5.26 Å². The van der Waals surface area contributed by atoms with Crippen LogP contribution in [0.4, 0.5) is 5.69 Å². The molecule has 6 heteroatoms. The molecule has 4 aromatic rings. The van der Waals surface area contributed by atoms with Crippen LogP contribution < -0.4 is 14.8 Å². The van der Waals surface area contributed by atoms with Gasteiger partial charge in [-0.1, -0.05) is 66.7 Å². The molecular weight excluding hydrogens is 392 g/mol. The van der Waals surface area contributed by atoms with Gasteiger partial charge in [-0.15, -0.1) is 21.6 Å². The van der Waals surface area contributed by atoms with Crippen LogP contribution in [0.15, 0.2) is 93.9 Å². The number of nitriles is 1. The Labute approximate surface area is 175 Å². The number of thiazole rings is 1. The molecule has 1 aliphatic rings. The number of aromatic amines is 1. The smallest absolute Gasteiger partial charge is 0.267 e. The number of fused-ring (bicyclic) bond motifs is 3. The van der Waals surface area contributed by atoms with E-state index < -0.39 is 0 Å². The largest absolute Gasteiger partial charge is 0.310 e. The molecule has 1 N–H and O–H groups in total. The van der Waals surface area contributed by atoms with Gasteiger partial charge in [0.15, 0.2) is 5.70 Å². The highest BCUT2D eigenvalue weighted by Crippen LogP contribution is 2.42. The van der Waals surface area contributed by atoms with Crippen molar-refractivity contribution >= 4 is 28.3 Å². The number of hydrogen-bond donors (Lipinski definition) is 1. The summed E-state index contributed by atoms with van der Waals surface area (Å²) in [5.74, 6) is 0. The third kappa shape index (κ3) is 2.98. The number of azo groups is 1. The highest BCUT2D eigenvalue weighted by molar-refractivity contribution is 7.07. The molecule has 5 nitrogen and oxygen atoms in total. The number of nitrogens with zero attached hydrogens (tertiary/aromatic N) is 3. The van der Waals surface area contributed by atoms with E-state index in [1.54, 1.807) is 12.1 Å². The highest BCUT2D eigenvalue weighted by atomic mass is 32.1. The van der Waals surface area contributed by atoms with Gasteiger partial charge >= 0.3 is 0 Å². The lowest BCUT2D eigenvalue weighted by Crippen LogP contribution is -2.23. The summed E-state index contributed by atoms with van der Waals surface area (Å²) in [5.41, 5.74) is 5.60. The Morgan fingerprint density at radius 2 is 1.40 bits per heavy atom. The van der Waals surface area contributed by atoms with E-state index in [4.69, 9.17) is 0 Å². The minimum atomic E-state index is -0.237. The van der Waals surface area contributed by atoms with Crippen molar-refractivity contribution in [1.82, 2.24) is 4.98 Å². The zero-order valence-electron chi connectivity index (χ0n) is 15.7. The van der Waals surface area contributed by atoms with Gasteiger partial charge in [0.1, 0.15) is 15.3 Å². The van der Waals surface area contributed by atoms with Crippen LogP contribution in [0, 0.1) is 11.3 Å². The minimum absolute atomic E-state index is 0.0763. The van der Waals surface area contributed by atoms with Gasteiger partial charge < -0.3 is 4.98 Å². The number of aromatic nitrogens is 1. The molecule has 0 aliphatic heterocycles. The normalized spacial score (nSPS) is 13.1. The lowest BCUT2D eigenvalue weighted by atomic mass is 10.1. The molecule has 0 saturated carbocycles. The summed E-state index contributed by atoms with van der Waals surface area (Å²) in [6, 6.07) is 27.3. The maximum absolute atomic E-state index is 12.9. The van der Waals surface area contributed by atoms with Crippen LogP contribution in [-0.4, -0.2) is 4.98 Å². The van der Waals surface area contributed by atoms with Crippen LogP contribution in [0.1, 0.15) is 11.1 Å². The van der Waals surface area contributed by atoms with Crippen molar-refractivity contribution in [1.29, 1.82) is 5.26 Å². The van der Waals surface area contributed by atoms with Crippen LogP contribution >= 0.6 is 11.3 Å². The van der Waals surface area contributed by atoms with E-state index in [-0.39, 0.29) is 11.3 Å². The van der Waals surface area contributed by atoms with Crippen LogP contribution in [0.25, 0.3) is 22.4 Å². The van der Waals surface area contributed by atoms with Gasteiger partial charge in [-0.05, 0) is 34.4 Å². The van der Waals surface area contributed by atoms with Crippen LogP contribution in [-0.2, 0) is 0 Å². The minimum Gasteiger partial charge on any atom is -0.310 e. The Kier molecular flexibility index (Phi) is 4.43. The van der Waals surface area contributed by atoms with Gasteiger partial charge in [0.2, 0.25) is 0 Å². The molecule has 1 heterocycles. The third-order valence-electron chi connectivity index (χ3n) is 4.89. The van der Waals surface area contributed by atoms with E-state index in [1.165, 1.54) is 11.3 Å². The van der Waals surface area contributed by atoms with Crippen molar-refractivity contribution in [3.63, 3.8) is 0 Å².